The minimum atomic E-state index is -3.22. The number of benzene rings is 1. The summed E-state index contributed by atoms with van der Waals surface area (Å²) in [5.74, 6) is 0.922. The summed E-state index contributed by atoms with van der Waals surface area (Å²) in [4.78, 5) is 62.8. The van der Waals surface area contributed by atoms with Crippen LogP contribution in [0, 0.1) is 0 Å². The standard InChI is InChI=1S/C14H19N.C10H18N2O.C9H18N2O2S.C9H16N2O.C9H15NO.C8H16N2O2S.C8H15NO2S.C8H13NO.C8H15N.C7H13NO2S.C7H13N.C6H10O2S/c1-12-8-9-15(10-13(12)2)11-14-6-4-3-5-7-14;1-8-5-6-12(7-9(8)2)10(13)11(3)4;1-8-5-6-11(7-9(8)2)14(12,13)10(3)4;1-7-5-11(6-8(7)2)9(12)10(3)4;1-7-4-5-10(9(3)11)6-8(7)2;1-7-5-10(6-8(7)2)13(11,12)9(3)4;1-7-4-5-9(6-8(7)2)12(3,10)11;1-6-4-9(8(3)10)5-7(6)2;1-7-4-5-9(3)6-8(7)2;1-6-4-8(5-7(6)2)11(3,9)10;1-6-4-8(3)5-7(6)2;1-5-3-9(7,8)4-6(5)2/h3-7H,8-11H2,1-2H3;5-7H2,1-4H3;5-7H2,1-4H3;5-6H2,1-4H3;4-6H2,1-3H3;5-6H2,1-4H3;4-6H2,1-3H3;4-5H2,1-3H3;4-6H2,1-3H3;4-5H2,1-3H3;4-5H2,1-3H3;3-4H2,1-2H3. The molecule has 0 radical (unpaired) electrons. The molecule has 0 saturated carbocycles. The maximum absolute atomic E-state index is 11.8. The van der Waals surface area contributed by atoms with Crippen LogP contribution in [0.15, 0.2) is 164 Å². The molecule has 0 spiro atoms. The number of rotatable bonds is 8. The van der Waals surface area contributed by atoms with Crippen LogP contribution in [0.3, 0.4) is 0 Å². The predicted molar refractivity (Wildman–Crippen MR) is 571 cm³/mol. The Labute approximate surface area is 833 Å². The highest BCUT2D eigenvalue weighted by Gasteiger charge is 2.32. The number of hydrogen-bond acceptors (Lipinski definition) is 17. The second-order valence-electron chi connectivity index (χ2n) is 40.6. The SMILES string of the molecule is CC(=O)N1CC(C)=C(C)C1.CC(=O)N1CCC(C)=C(C)C1.CC1=C(C)CN(C(=O)N(C)C)C1.CC1=C(C)CN(C(=O)N(C)C)CC1.CC1=C(C)CN(C)C1.CC1=C(C)CN(C)CC1.CC1=C(C)CN(Cc2ccccc2)CC1.CC1=C(C)CN(S(=O)(=O)N(C)C)C1.CC1=C(C)CN(S(=O)(=O)N(C)C)CC1.CC1=C(C)CN(S(C)(=O)=O)C1.CC1=C(C)CN(S(C)(=O)=O)CC1.CC1=C(C)CS(=O)(=O)C1. The third kappa shape index (κ3) is 44.2. The number of sulfonamides is 2. The van der Waals surface area contributed by atoms with Crippen molar-refractivity contribution in [3.63, 3.8) is 0 Å². The lowest BCUT2D eigenvalue weighted by molar-refractivity contribution is -0.129. The van der Waals surface area contributed by atoms with Gasteiger partial charge in [-0.3, -0.25) is 19.4 Å². The normalized spacial score (nSPS) is 20.2. The van der Waals surface area contributed by atoms with E-state index in [0.717, 1.165) is 113 Å². The molecule has 137 heavy (non-hydrogen) atoms. The third-order valence-electron chi connectivity index (χ3n) is 27.3. The molecule has 0 fully saturated rings. The Morgan fingerprint density at radius 3 is 0.847 bits per heavy atom. The van der Waals surface area contributed by atoms with Gasteiger partial charge in [-0.2, -0.15) is 42.7 Å². The molecule has 1 aromatic carbocycles. The zero-order valence-corrected chi connectivity index (χ0v) is 95.9. The third-order valence-corrected chi connectivity index (χ3v) is 35.2. The van der Waals surface area contributed by atoms with E-state index in [1.165, 1.54) is 167 Å². The van der Waals surface area contributed by atoms with Crippen LogP contribution in [-0.2, 0) is 66.4 Å². The van der Waals surface area contributed by atoms with Crippen molar-refractivity contribution in [3.8, 4) is 0 Å². The Balaban J connectivity index is 0.000000507. The molecule has 782 valence electrons. The zero-order valence-electron chi connectivity index (χ0n) is 91.8. The molecule has 0 bridgehead atoms. The van der Waals surface area contributed by atoms with Gasteiger partial charge in [0.2, 0.25) is 31.9 Å². The van der Waals surface area contributed by atoms with Crippen LogP contribution < -0.4 is 0 Å². The number of carbonyl (C=O) groups excluding carboxylic acids is 4. The molecule has 0 N–H and O–H groups in total. The van der Waals surface area contributed by atoms with Gasteiger partial charge in [0.25, 0.3) is 20.4 Å². The second kappa shape index (κ2) is 57.9. The Hall–Kier alpha value is -7.03. The van der Waals surface area contributed by atoms with Gasteiger partial charge in [-0.1, -0.05) is 164 Å². The van der Waals surface area contributed by atoms with Crippen molar-refractivity contribution in [1.82, 2.24) is 69.9 Å². The van der Waals surface area contributed by atoms with E-state index in [1.54, 1.807) is 113 Å². The van der Waals surface area contributed by atoms with Gasteiger partial charge in [0.15, 0.2) is 9.84 Å². The van der Waals surface area contributed by atoms with E-state index in [9.17, 15) is 61.3 Å². The molecule has 12 aliphatic rings. The number of amides is 6. The van der Waals surface area contributed by atoms with Crippen LogP contribution in [0.2, 0.25) is 0 Å². The van der Waals surface area contributed by atoms with Crippen LogP contribution >= 0.6 is 0 Å². The first kappa shape index (κ1) is 126. The lowest BCUT2D eigenvalue weighted by Crippen LogP contribution is -2.43. The average molecular weight is 2010 g/mol. The van der Waals surface area contributed by atoms with Crippen LogP contribution in [0.25, 0.3) is 0 Å². The Kier molecular flexibility index (Phi) is 53.3. The molecule has 0 saturated heterocycles. The van der Waals surface area contributed by atoms with Gasteiger partial charge < -0.3 is 34.3 Å². The second-order valence-corrected chi connectivity index (χ2v) is 50.9. The minimum absolute atomic E-state index is 0.103. The van der Waals surface area contributed by atoms with Gasteiger partial charge in [-0.25, -0.2) is 34.8 Å². The van der Waals surface area contributed by atoms with Crippen LogP contribution in [0.1, 0.15) is 224 Å². The van der Waals surface area contributed by atoms with Crippen molar-refractivity contribution < 1.29 is 61.3 Å². The van der Waals surface area contributed by atoms with E-state index in [-0.39, 0.29) is 35.4 Å². The van der Waals surface area contributed by atoms with Crippen molar-refractivity contribution in [2.24, 2.45) is 0 Å². The topological polar surface area (TPSA) is 288 Å². The number of carbonyl (C=O) groups is 4. The first-order valence-electron chi connectivity index (χ1n) is 47.8. The van der Waals surface area contributed by atoms with E-state index in [0.29, 0.717) is 52.4 Å². The van der Waals surface area contributed by atoms with Gasteiger partial charge in [-0.05, 0) is 224 Å². The summed E-state index contributed by atoms with van der Waals surface area (Å²) in [6, 6.07) is 11.0. The molecule has 12 heterocycles. The summed E-state index contributed by atoms with van der Waals surface area (Å²) in [5, 5.41) is 0. The summed E-state index contributed by atoms with van der Waals surface area (Å²) in [6.07, 6.45) is 8.80. The number of hydrogen-bond donors (Lipinski definition) is 0. The highest BCUT2D eigenvalue weighted by Crippen LogP contribution is 2.28. The molecule has 1 aromatic rings. The monoisotopic (exact) mass is 2010 g/mol. The fourth-order valence-electron chi connectivity index (χ4n) is 15.6. The fraction of sp³-hybridized carbons (Fsp3) is 0.670. The number of urea groups is 2. The average Bonchev–Trinajstić information content (AvgIpc) is 1.77. The van der Waals surface area contributed by atoms with E-state index in [1.807, 2.05) is 75.0 Å². The molecular weight excluding hydrogens is 1830 g/mol. The van der Waals surface area contributed by atoms with Gasteiger partial charge in [0.05, 0.1) is 24.0 Å². The van der Waals surface area contributed by atoms with Crippen molar-refractivity contribution in [3.05, 3.63) is 170 Å². The fourth-order valence-corrected chi connectivity index (χ4v) is 21.5. The summed E-state index contributed by atoms with van der Waals surface area (Å²) in [5.41, 5.74) is 33.4. The van der Waals surface area contributed by atoms with Gasteiger partial charge in [-0.15, -0.1) is 0 Å². The first-order chi connectivity index (χ1) is 62.9. The highest BCUT2D eigenvalue weighted by molar-refractivity contribution is 7.92. The molecule has 0 atom stereocenters. The van der Waals surface area contributed by atoms with E-state index in [4.69, 9.17) is 0 Å². The smallest absolute Gasteiger partial charge is 0.320 e. The molecule has 0 unspecified atom stereocenters. The first-order valence-corrected chi connectivity index (χ1v) is 56.1. The van der Waals surface area contributed by atoms with Gasteiger partial charge in [0, 0.05) is 221 Å². The Bertz CT molecular complexity index is 5230. The van der Waals surface area contributed by atoms with Crippen molar-refractivity contribution in [2.45, 2.75) is 225 Å². The van der Waals surface area contributed by atoms with Crippen LogP contribution in [0.5, 0.6) is 0 Å². The lowest BCUT2D eigenvalue weighted by Gasteiger charge is -2.30. The molecule has 13 rings (SSSR count). The lowest BCUT2D eigenvalue weighted by atomic mass is 10.0. The molecule has 6 amide bonds. The number of nitrogens with zero attached hydrogens (tertiary/aromatic N) is 15. The zero-order chi connectivity index (χ0) is 105. The van der Waals surface area contributed by atoms with E-state index >= 15 is 0 Å². The molecule has 0 aromatic heterocycles. The van der Waals surface area contributed by atoms with E-state index in [2.05, 4.69) is 170 Å². The van der Waals surface area contributed by atoms with Gasteiger partial charge in [0.1, 0.15) is 0 Å². The summed E-state index contributed by atoms with van der Waals surface area (Å²) in [6.45, 7) is 72.6. The van der Waals surface area contributed by atoms with Crippen molar-refractivity contribution in [2.75, 3.05) is 238 Å². The van der Waals surface area contributed by atoms with E-state index < -0.39 is 50.3 Å². The maximum Gasteiger partial charge on any atom is 0.320 e. The molecule has 0 aliphatic carbocycles. The van der Waals surface area contributed by atoms with Crippen LogP contribution in [-0.4, -0.2) is 374 Å². The largest absolute Gasteiger partial charge is 0.339 e. The molecule has 29 nitrogen and oxygen atoms in total. The summed E-state index contributed by atoms with van der Waals surface area (Å²) >= 11 is 0. The Morgan fingerprint density at radius 1 is 0.285 bits per heavy atom. The van der Waals surface area contributed by atoms with Crippen molar-refractivity contribution in [1.29, 1.82) is 0 Å². The molecular formula is C103H181N15O14S5. The summed E-state index contributed by atoms with van der Waals surface area (Å²) < 4.78 is 121. The number of likely N-dealkylation sites (N-methyl/N-ethyl adjacent to an activating group) is 2. The predicted octanol–water partition coefficient (Wildman–Crippen LogP) is 15.6. The summed E-state index contributed by atoms with van der Waals surface area (Å²) in [7, 11) is 2.60. The van der Waals surface area contributed by atoms with Gasteiger partial charge >= 0.3 is 12.1 Å². The number of sulfone groups is 1. The Morgan fingerprint density at radius 2 is 0.547 bits per heavy atom. The highest BCUT2D eigenvalue weighted by atomic mass is 32.2. The quantitative estimate of drug-likeness (QED) is 0.219. The van der Waals surface area contributed by atoms with Crippen molar-refractivity contribution >= 4 is 74.2 Å². The maximum atomic E-state index is 11.8. The molecule has 34 heteroatoms. The van der Waals surface area contributed by atoms with Crippen LogP contribution in [0.4, 0.5) is 9.59 Å². The minimum Gasteiger partial charge on any atom is -0.339 e. The molecule has 12 aliphatic heterocycles.